The molecule has 1 saturated heterocycles. The maximum absolute atomic E-state index is 6.00. The van der Waals surface area contributed by atoms with Gasteiger partial charge in [0.25, 0.3) is 0 Å². The summed E-state index contributed by atoms with van der Waals surface area (Å²) in [6.45, 7) is 4.81. The molecule has 102 valence electrons. The average molecular weight is 247 g/mol. The first-order chi connectivity index (χ1) is 8.34. The van der Waals surface area contributed by atoms with Crippen molar-refractivity contribution < 1.29 is 18.9 Å². The molecule has 5 heteroatoms. The summed E-state index contributed by atoms with van der Waals surface area (Å²) in [5, 5.41) is 0. The highest BCUT2D eigenvalue weighted by molar-refractivity contribution is 4.75. The molecule has 0 aliphatic carbocycles. The number of nitrogens with two attached hydrogens (primary N) is 1. The lowest BCUT2D eigenvalue weighted by atomic mass is 9.94. The molecule has 0 spiro atoms. The molecule has 1 aliphatic heterocycles. The summed E-state index contributed by atoms with van der Waals surface area (Å²) in [7, 11) is 1.66. The third kappa shape index (κ3) is 6.95. The van der Waals surface area contributed by atoms with Crippen LogP contribution in [0.25, 0.3) is 0 Å². The highest BCUT2D eigenvalue weighted by Gasteiger charge is 2.21. The van der Waals surface area contributed by atoms with Gasteiger partial charge in [-0.2, -0.15) is 0 Å². The second-order valence-electron chi connectivity index (χ2n) is 4.29. The van der Waals surface area contributed by atoms with Crippen molar-refractivity contribution in [3.63, 3.8) is 0 Å². The molecule has 1 fully saturated rings. The monoisotopic (exact) mass is 247 g/mol. The number of hydrogen-bond acceptors (Lipinski definition) is 5. The first kappa shape index (κ1) is 14.9. The van der Waals surface area contributed by atoms with Crippen LogP contribution in [-0.4, -0.2) is 59.4 Å². The van der Waals surface area contributed by atoms with Crippen molar-refractivity contribution >= 4 is 0 Å². The molecule has 0 radical (unpaired) electrons. The minimum Gasteiger partial charge on any atom is -0.382 e. The lowest BCUT2D eigenvalue weighted by Gasteiger charge is -2.28. The van der Waals surface area contributed by atoms with Gasteiger partial charge in [-0.1, -0.05) is 0 Å². The van der Waals surface area contributed by atoms with E-state index in [1.165, 1.54) is 0 Å². The van der Waals surface area contributed by atoms with Gasteiger partial charge in [0.05, 0.1) is 33.0 Å². The summed E-state index contributed by atoms with van der Waals surface area (Å²) < 4.78 is 21.0. The third-order valence-electron chi connectivity index (χ3n) is 2.97. The second kappa shape index (κ2) is 9.79. The lowest BCUT2D eigenvalue weighted by molar-refractivity contribution is 0.00363. The molecule has 5 nitrogen and oxygen atoms in total. The van der Waals surface area contributed by atoms with Gasteiger partial charge in [-0.25, -0.2) is 0 Å². The van der Waals surface area contributed by atoms with Crippen LogP contribution >= 0.6 is 0 Å². The summed E-state index contributed by atoms with van der Waals surface area (Å²) in [5.41, 5.74) is 6.00. The Kier molecular flexibility index (Phi) is 8.56. The van der Waals surface area contributed by atoms with Crippen LogP contribution in [0.4, 0.5) is 0 Å². The van der Waals surface area contributed by atoms with Crippen LogP contribution in [-0.2, 0) is 18.9 Å². The number of rotatable bonds is 9. The molecule has 0 amide bonds. The van der Waals surface area contributed by atoms with E-state index in [2.05, 4.69) is 0 Å². The fourth-order valence-electron chi connectivity index (χ4n) is 1.81. The maximum atomic E-state index is 6.00. The molecule has 1 rings (SSSR count). The standard InChI is InChI=1S/C12H25NO4/c1-14-6-7-16-9-8-15-4-2-11-10-17-5-3-12(11)13/h11-12H,2-10,13H2,1H3. The van der Waals surface area contributed by atoms with Gasteiger partial charge in [0.2, 0.25) is 0 Å². The number of hydrogen-bond donors (Lipinski definition) is 1. The van der Waals surface area contributed by atoms with Crippen molar-refractivity contribution in [3.05, 3.63) is 0 Å². The molecule has 2 unspecified atom stereocenters. The van der Waals surface area contributed by atoms with E-state index in [0.29, 0.717) is 32.3 Å². The van der Waals surface area contributed by atoms with Crippen molar-refractivity contribution in [3.8, 4) is 0 Å². The van der Waals surface area contributed by atoms with Crippen molar-refractivity contribution in [2.75, 3.05) is 53.4 Å². The maximum Gasteiger partial charge on any atom is 0.0701 e. The highest BCUT2D eigenvalue weighted by atomic mass is 16.5. The summed E-state index contributed by atoms with van der Waals surface area (Å²) in [5.74, 6) is 0.443. The van der Waals surface area contributed by atoms with E-state index in [-0.39, 0.29) is 6.04 Å². The van der Waals surface area contributed by atoms with Gasteiger partial charge in [0, 0.05) is 26.4 Å². The summed E-state index contributed by atoms with van der Waals surface area (Å²) in [6.07, 6.45) is 1.93. The van der Waals surface area contributed by atoms with E-state index in [9.17, 15) is 0 Å². The average Bonchev–Trinajstić information content (AvgIpc) is 2.35. The van der Waals surface area contributed by atoms with Gasteiger partial charge in [-0.15, -0.1) is 0 Å². The number of ether oxygens (including phenoxy) is 4. The van der Waals surface area contributed by atoms with Crippen LogP contribution < -0.4 is 5.73 Å². The van der Waals surface area contributed by atoms with Crippen LogP contribution in [0.2, 0.25) is 0 Å². The predicted molar refractivity (Wildman–Crippen MR) is 65.0 cm³/mol. The smallest absolute Gasteiger partial charge is 0.0701 e. The van der Waals surface area contributed by atoms with Crippen molar-refractivity contribution in [1.29, 1.82) is 0 Å². The largest absolute Gasteiger partial charge is 0.382 e. The van der Waals surface area contributed by atoms with Crippen LogP contribution in [0, 0.1) is 5.92 Å². The number of methoxy groups -OCH3 is 1. The molecule has 1 aliphatic rings. The van der Waals surface area contributed by atoms with Crippen molar-refractivity contribution in [1.82, 2.24) is 0 Å². The van der Waals surface area contributed by atoms with Crippen LogP contribution in [0.3, 0.4) is 0 Å². The molecular weight excluding hydrogens is 222 g/mol. The molecule has 0 saturated carbocycles. The fraction of sp³-hybridized carbons (Fsp3) is 1.00. The molecule has 0 bridgehead atoms. The Morgan fingerprint density at radius 1 is 1.12 bits per heavy atom. The molecule has 1 heterocycles. The Morgan fingerprint density at radius 3 is 2.53 bits per heavy atom. The topological polar surface area (TPSA) is 62.9 Å². The first-order valence-electron chi connectivity index (χ1n) is 6.32. The minimum atomic E-state index is 0.269. The summed E-state index contributed by atoms with van der Waals surface area (Å²) in [6, 6.07) is 0.269. The Balaban J connectivity index is 1.86. The zero-order chi connectivity index (χ0) is 12.3. The van der Waals surface area contributed by atoms with Crippen LogP contribution in [0.1, 0.15) is 12.8 Å². The van der Waals surface area contributed by atoms with E-state index in [1.807, 2.05) is 0 Å². The predicted octanol–water partition coefficient (Wildman–Crippen LogP) is 0.420. The zero-order valence-corrected chi connectivity index (χ0v) is 10.7. The van der Waals surface area contributed by atoms with E-state index < -0.39 is 0 Å². The molecule has 17 heavy (non-hydrogen) atoms. The van der Waals surface area contributed by atoms with Gasteiger partial charge in [-0.3, -0.25) is 0 Å². The third-order valence-corrected chi connectivity index (χ3v) is 2.97. The normalized spacial score (nSPS) is 25.1. The first-order valence-corrected chi connectivity index (χ1v) is 6.32. The highest BCUT2D eigenvalue weighted by Crippen LogP contribution is 2.16. The molecule has 0 aromatic heterocycles. The SMILES string of the molecule is COCCOCCOCCC1COCCC1N. The van der Waals surface area contributed by atoms with Gasteiger partial charge >= 0.3 is 0 Å². The Hall–Kier alpha value is -0.200. The van der Waals surface area contributed by atoms with Gasteiger partial charge in [0.1, 0.15) is 0 Å². The van der Waals surface area contributed by atoms with E-state index >= 15 is 0 Å². The van der Waals surface area contributed by atoms with Crippen LogP contribution in [0.15, 0.2) is 0 Å². The Morgan fingerprint density at radius 2 is 1.82 bits per heavy atom. The van der Waals surface area contributed by atoms with Gasteiger partial charge in [0.15, 0.2) is 0 Å². The van der Waals surface area contributed by atoms with E-state index in [4.69, 9.17) is 24.7 Å². The van der Waals surface area contributed by atoms with E-state index in [0.717, 1.165) is 32.7 Å². The summed E-state index contributed by atoms with van der Waals surface area (Å²) in [4.78, 5) is 0. The van der Waals surface area contributed by atoms with Crippen LogP contribution in [0.5, 0.6) is 0 Å². The fourth-order valence-corrected chi connectivity index (χ4v) is 1.81. The minimum absolute atomic E-state index is 0.269. The van der Waals surface area contributed by atoms with Gasteiger partial charge < -0.3 is 24.7 Å². The molecule has 0 aromatic rings. The Labute approximate surface area is 104 Å². The van der Waals surface area contributed by atoms with Crippen molar-refractivity contribution in [2.24, 2.45) is 11.7 Å². The molecule has 2 atom stereocenters. The second-order valence-corrected chi connectivity index (χ2v) is 4.29. The molecule has 0 aromatic carbocycles. The lowest BCUT2D eigenvalue weighted by Crippen LogP contribution is -2.39. The van der Waals surface area contributed by atoms with E-state index in [1.54, 1.807) is 7.11 Å². The van der Waals surface area contributed by atoms with Gasteiger partial charge in [-0.05, 0) is 18.8 Å². The molecule has 2 N–H and O–H groups in total. The summed E-state index contributed by atoms with van der Waals surface area (Å²) >= 11 is 0. The van der Waals surface area contributed by atoms with Crippen molar-refractivity contribution in [2.45, 2.75) is 18.9 Å². The quantitative estimate of drug-likeness (QED) is 0.598. The molecular formula is C12H25NO4. The Bertz CT molecular complexity index is 180. The zero-order valence-electron chi connectivity index (χ0n) is 10.7.